The molecule has 2 aliphatic rings. The average molecular weight is 427 g/mol. The van der Waals surface area contributed by atoms with E-state index in [1.807, 2.05) is 0 Å². The predicted octanol–water partition coefficient (Wildman–Crippen LogP) is 5.49. The summed E-state index contributed by atoms with van der Waals surface area (Å²) in [5, 5.41) is 3.70. The van der Waals surface area contributed by atoms with Gasteiger partial charge in [0.15, 0.2) is 0 Å². The van der Waals surface area contributed by atoms with Crippen molar-refractivity contribution in [2.75, 3.05) is 31.5 Å². The highest BCUT2D eigenvalue weighted by Gasteiger charge is 2.25. The van der Waals surface area contributed by atoms with E-state index in [9.17, 15) is 0 Å². The molecule has 1 aromatic heterocycles. The van der Waals surface area contributed by atoms with E-state index < -0.39 is 0 Å². The van der Waals surface area contributed by atoms with Crippen molar-refractivity contribution in [2.24, 2.45) is 0 Å². The minimum absolute atomic E-state index is 0.771. The molecule has 166 valence electrons. The summed E-state index contributed by atoms with van der Waals surface area (Å²) in [4.78, 5) is 12.7. The van der Waals surface area contributed by atoms with Crippen molar-refractivity contribution in [3.05, 3.63) is 76.7 Å². The second kappa shape index (κ2) is 9.83. The number of hydrogen-bond acceptors (Lipinski definition) is 4. The first-order valence-electron chi connectivity index (χ1n) is 12.3. The Labute approximate surface area is 192 Å². The molecule has 4 heteroatoms. The first-order chi connectivity index (χ1) is 15.8. The van der Waals surface area contributed by atoms with E-state index in [2.05, 4.69) is 65.7 Å². The molecular formula is C28H34N4. The molecule has 0 atom stereocenters. The molecule has 5 rings (SSSR count). The van der Waals surface area contributed by atoms with Crippen molar-refractivity contribution < 1.29 is 0 Å². The molecule has 0 amide bonds. The fourth-order valence-corrected chi connectivity index (χ4v) is 5.08. The molecule has 1 aliphatic heterocycles. The van der Waals surface area contributed by atoms with Gasteiger partial charge in [-0.1, -0.05) is 61.9 Å². The summed E-state index contributed by atoms with van der Waals surface area (Å²) in [6, 6.07) is 17.4. The third kappa shape index (κ3) is 4.71. The Morgan fingerprint density at radius 2 is 1.78 bits per heavy atom. The van der Waals surface area contributed by atoms with Crippen molar-refractivity contribution in [3.63, 3.8) is 0 Å². The van der Waals surface area contributed by atoms with E-state index in [1.54, 1.807) is 0 Å². The minimum atomic E-state index is 0.771. The maximum atomic E-state index is 5.03. The number of nitrogens with zero attached hydrogens (tertiary/aromatic N) is 3. The SMILES string of the molecule is CCc1ccc2c(c1)Cc1nc(Cc3ccccc3)nc(NCCCN3CCCCC3)c1-2. The minimum Gasteiger partial charge on any atom is -0.369 e. The van der Waals surface area contributed by atoms with Gasteiger partial charge in [-0.15, -0.1) is 0 Å². The number of likely N-dealkylation sites (tertiary alicyclic amines) is 1. The fourth-order valence-electron chi connectivity index (χ4n) is 5.08. The van der Waals surface area contributed by atoms with Crippen LogP contribution in [0.25, 0.3) is 11.1 Å². The van der Waals surface area contributed by atoms with Gasteiger partial charge < -0.3 is 10.2 Å². The molecule has 2 heterocycles. The normalized spacial score (nSPS) is 15.4. The van der Waals surface area contributed by atoms with Crippen LogP contribution < -0.4 is 5.32 Å². The van der Waals surface area contributed by atoms with Crippen LogP contribution in [0.5, 0.6) is 0 Å². The molecule has 0 unspecified atom stereocenters. The van der Waals surface area contributed by atoms with E-state index in [4.69, 9.17) is 9.97 Å². The van der Waals surface area contributed by atoms with Crippen LogP contribution in [0.3, 0.4) is 0 Å². The van der Waals surface area contributed by atoms with Crippen LogP contribution in [-0.4, -0.2) is 41.0 Å². The second-order valence-corrected chi connectivity index (χ2v) is 9.18. The van der Waals surface area contributed by atoms with Gasteiger partial charge >= 0.3 is 0 Å². The number of aromatic nitrogens is 2. The van der Waals surface area contributed by atoms with Gasteiger partial charge in [-0.25, -0.2) is 9.97 Å². The van der Waals surface area contributed by atoms with E-state index in [-0.39, 0.29) is 0 Å². The monoisotopic (exact) mass is 426 g/mol. The molecule has 2 aromatic carbocycles. The number of piperidine rings is 1. The summed E-state index contributed by atoms with van der Waals surface area (Å²) in [7, 11) is 0. The summed E-state index contributed by atoms with van der Waals surface area (Å²) in [5.74, 6) is 1.93. The van der Waals surface area contributed by atoms with Crippen molar-refractivity contribution in [1.82, 2.24) is 14.9 Å². The largest absolute Gasteiger partial charge is 0.369 e. The van der Waals surface area contributed by atoms with Crippen LogP contribution in [0.4, 0.5) is 5.82 Å². The van der Waals surface area contributed by atoms with Gasteiger partial charge in [-0.2, -0.15) is 0 Å². The quantitative estimate of drug-likeness (QED) is 0.378. The second-order valence-electron chi connectivity index (χ2n) is 9.18. The van der Waals surface area contributed by atoms with Crippen LogP contribution in [0.1, 0.15) is 60.8 Å². The molecule has 0 radical (unpaired) electrons. The van der Waals surface area contributed by atoms with E-state index in [0.29, 0.717) is 0 Å². The van der Waals surface area contributed by atoms with Crippen LogP contribution in [0.15, 0.2) is 48.5 Å². The van der Waals surface area contributed by atoms with Gasteiger partial charge in [0, 0.05) is 24.9 Å². The van der Waals surface area contributed by atoms with Gasteiger partial charge in [0.05, 0.1) is 5.69 Å². The molecule has 1 saturated heterocycles. The Balaban J connectivity index is 1.37. The number of anilines is 1. The third-order valence-corrected chi connectivity index (χ3v) is 6.83. The van der Waals surface area contributed by atoms with E-state index >= 15 is 0 Å². The smallest absolute Gasteiger partial charge is 0.137 e. The highest BCUT2D eigenvalue weighted by atomic mass is 15.1. The Bertz CT molecular complexity index is 1050. The summed E-state index contributed by atoms with van der Waals surface area (Å²) >= 11 is 0. The zero-order valence-corrected chi connectivity index (χ0v) is 19.2. The number of fused-ring (bicyclic) bond motifs is 3. The van der Waals surface area contributed by atoms with Gasteiger partial charge in [-0.05, 0) is 67.6 Å². The molecule has 1 N–H and O–H groups in total. The summed E-state index contributed by atoms with van der Waals surface area (Å²) in [6.45, 7) is 6.87. The molecule has 1 fully saturated rings. The molecule has 3 aromatic rings. The fraction of sp³-hybridized carbons (Fsp3) is 0.429. The van der Waals surface area contributed by atoms with E-state index in [0.717, 1.165) is 43.9 Å². The van der Waals surface area contributed by atoms with Crippen molar-refractivity contribution >= 4 is 5.82 Å². The lowest BCUT2D eigenvalue weighted by atomic mass is 10.0. The molecule has 0 bridgehead atoms. The lowest BCUT2D eigenvalue weighted by Gasteiger charge is -2.26. The van der Waals surface area contributed by atoms with Crippen molar-refractivity contribution in [3.8, 4) is 11.1 Å². The van der Waals surface area contributed by atoms with Crippen LogP contribution >= 0.6 is 0 Å². The number of aryl methyl sites for hydroxylation is 1. The topological polar surface area (TPSA) is 41.1 Å². The zero-order valence-electron chi connectivity index (χ0n) is 19.2. The Hall–Kier alpha value is -2.72. The number of hydrogen-bond donors (Lipinski definition) is 1. The summed E-state index contributed by atoms with van der Waals surface area (Å²) in [6.07, 6.45) is 7.99. The maximum Gasteiger partial charge on any atom is 0.137 e. The standard InChI is InChI=1S/C28H34N4/c1-2-21-12-13-24-23(18-21)20-25-27(24)28(29-14-9-17-32-15-7-4-8-16-32)31-26(30-25)19-22-10-5-3-6-11-22/h3,5-6,10-13,18H,2,4,7-9,14-17,19-20H2,1H3,(H,29,30,31). The Kier molecular flexibility index (Phi) is 6.49. The van der Waals surface area contributed by atoms with Gasteiger partial charge in [0.2, 0.25) is 0 Å². The Morgan fingerprint density at radius 1 is 0.938 bits per heavy atom. The third-order valence-electron chi connectivity index (χ3n) is 6.83. The molecule has 4 nitrogen and oxygen atoms in total. The average Bonchev–Trinajstić information content (AvgIpc) is 3.20. The maximum absolute atomic E-state index is 5.03. The van der Waals surface area contributed by atoms with Crippen molar-refractivity contribution in [2.45, 2.75) is 51.9 Å². The molecule has 0 spiro atoms. The zero-order chi connectivity index (χ0) is 21.8. The summed E-state index contributed by atoms with van der Waals surface area (Å²) < 4.78 is 0. The van der Waals surface area contributed by atoms with Gasteiger partial charge in [0.25, 0.3) is 0 Å². The van der Waals surface area contributed by atoms with Crippen LogP contribution in [0.2, 0.25) is 0 Å². The van der Waals surface area contributed by atoms with Crippen molar-refractivity contribution in [1.29, 1.82) is 0 Å². The lowest BCUT2D eigenvalue weighted by Crippen LogP contribution is -2.31. The first kappa shape index (κ1) is 21.1. The lowest BCUT2D eigenvalue weighted by molar-refractivity contribution is 0.228. The molecule has 1 aliphatic carbocycles. The highest BCUT2D eigenvalue weighted by Crippen LogP contribution is 2.40. The van der Waals surface area contributed by atoms with Gasteiger partial charge in [0.1, 0.15) is 11.6 Å². The predicted molar refractivity (Wildman–Crippen MR) is 132 cm³/mol. The van der Waals surface area contributed by atoms with E-state index in [1.165, 1.54) is 72.4 Å². The number of nitrogens with one attached hydrogen (secondary N) is 1. The Morgan fingerprint density at radius 3 is 2.59 bits per heavy atom. The number of benzene rings is 2. The molecule has 32 heavy (non-hydrogen) atoms. The van der Waals surface area contributed by atoms with Gasteiger partial charge in [-0.3, -0.25) is 0 Å². The van der Waals surface area contributed by atoms with Crippen LogP contribution in [0, 0.1) is 0 Å². The first-order valence-corrected chi connectivity index (χ1v) is 12.3. The molecular weight excluding hydrogens is 392 g/mol. The van der Waals surface area contributed by atoms with Crippen LogP contribution in [-0.2, 0) is 19.3 Å². The summed E-state index contributed by atoms with van der Waals surface area (Å²) in [5.41, 5.74) is 7.74. The number of rotatable bonds is 8. The highest BCUT2D eigenvalue weighted by molar-refractivity contribution is 5.84. The molecule has 0 saturated carbocycles.